The molecule has 0 aliphatic heterocycles. The van der Waals surface area contributed by atoms with Crippen molar-refractivity contribution in [3.05, 3.63) is 42.0 Å². The topological polar surface area (TPSA) is 74.6 Å². The molecule has 4 nitrogen and oxygen atoms in total. The average molecular weight is 583 g/mol. The minimum Gasteiger partial charge on any atom is -0.390 e. The van der Waals surface area contributed by atoms with Crippen LogP contribution in [0.25, 0.3) is 0 Å². The molecule has 5 aliphatic carbocycles. The summed E-state index contributed by atoms with van der Waals surface area (Å²) in [5.41, 5.74) is 0.367. The molecular weight excluding hydrogens is 528 g/mol. The number of sulfone groups is 1. The monoisotopic (exact) mass is 582 g/mol. The summed E-state index contributed by atoms with van der Waals surface area (Å²) in [4.78, 5) is 0.408. The van der Waals surface area contributed by atoms with Gasteiger partial charge in [0.1, 0.15) is 0 Å². The van der Waals surface area contributed by atoms with Crippen LogP contribution in [0.15, 0.2) is 46.9 Å². The first-order chi connectivity index (χ1) is 19.3. The highest BCUT2D eigenvalue weighted by atomic mass is 32.2. The molecule has 4 saturated carbocycles. The Bertz CT molecular complexity index is 1250. The molecule has 41 heavy (non-hydrogen) atoms. The zero-order chi connectivity index (χ0) is 29.3. The second-order valence-electron chi connectivity index (χ2n) is 15.9. The van der Waals surface area contributed by atoms with Gasteiger partial charge < -0.3 is 10.2 Å². The highest BCUT2D eigenvalue weighted by Gasteiger charge is 2.61. The highest BCUT2D eigenvalue weighted by molar-refractivity contribution is 7.92. The van der Waals surface area contributed by atoms with Crippen molar-refractivity contribution in [1.82, 2.24) is 0 Å². The van der Waals surface area contributed by atoms with E-state index in [1.807, 2.05) is 25.1 Å². The summed E-state index contributed by atoms with van der Waals surface area (Å²) in [7, 11) is -3.59. The molecule has 4 fully saturated rings. The third-order valence-corrected chi connectivity index (χ3v) is 15.8. The summed E-state index contributed by atoms with van der Waals surface area (Å²) in [6, 6.07) is 9.03. The van der Waals surface area contributed by atoms with Gasteiger partial charge in [0.2, 0.25) is 0 Å². The Morgan fingerprint density at radius 3 is 2.29 bits per heavy atom. The van der Waals surface area contributed by atoms with Gasteiger partial charge in [-0.05, 0) is 130 Å². The molecule has 0 spiro atoms. The molecule has 5 heteroatoms. The van der Waals surface area contributed by atoms with Crippen molar-refractivity contribution in [2.45, 2.75) is 139 Å². The molecule has 0 bridgehead atoms. The molecular formula is C36H54O4S. The van der Waals surface area contributed by atoms with Crippen LogP contribution in [0.3, 0.4) is 0 Å². The van der Waals surface area contributed by atoms with Gasteiger partial charge in [0.05, 0.1) is 21.3 Å². The number of aliphatic hydroxyl groups is 2. The van der Waals surface area contributed by atoms with E-state index in [1.54, 1.807) is 12.1 Å². The summed E-state index contributed by atoms with van der Waals surface area (Å²) in [5.74, 6) is 2.26. The Morgan fingerprint density at radius 1 is 0.878 bits per heavy atom. The molecule has 228 valence electrons. The van der Waals surface area contributed by atoms with Crippen LogP contribution in [0, 0.1) is 40.4 Å². The van der Waals surface area contributed by atoms with Gasteiger partial charge >= 0.3 is 0 Å². The van der Waals surface area contributed by atoms with Crippen molar-refractivity contribution in [3.8, 4) is 0 Å². The van der Waals surface area contributed by atoms with E-state index >= 15 is 0 Å². The molecule has 9 atom stereocenters. The Hall–Kier alpha value is -1.17. The van der Waals surface area contributed by atoms with Gasteiger partial charge in [-0.3, -0.25) is 0 Å². The lowest BCUT2D eigenvalue weighted by atomic mass is 9.46. The van der Waals surface area contributed by atoms with E-state index in [0.29, 0.717) is 35.0 Å². The van der Waals surface area contributed by atoms with E-state index in [9.17, 15) is 18.6 Å². The first-order valence-corrected chi connectivity index (χ1v) is 18.3. The summed E-state index contributed by atoms with van der Waals surface area (Å²) < 4.78 is 28.7. The third kappa shape index (κ3) is 5.08. The van der Waals surface area contributed by atoms with E-state index in [2.05, 4.69) is 26.8 Å². The molecule has 0 radical (unpaired) electrons. The Labute approximate surface area is 249 Å². The van der Waals surface area contributed by atoms with Crippen LogP contribution in [0.1, 0.15) is 118 Å². The zero-order valence-corrected chi connectivity index (χ0v) is 26.8. The largest absolute Gasteiger partial charge is 0.390 e. The van der Waals surface area contributed by atoms with Gasteiger partial charge in [0.15, 0.2) is 9.84 Å². The maximum atomic E-state index is 14.4. The minimum atomic E-state index is -3.59. The lowest BCUT2D eigenvalue weighted by molar-refractivity contribution is -0.0720. The van der Waals surface area contributed by atoms with Gasteiger partial charge in [-0.25, -0.2) is 8.42 Å². The average Bonchev–Trinajstić information content (AvgIpc) is 3.30. The predicted octanol–water partition coefficient (Wildman–Crippen LogP) is 7.88. The molecule has 0 heterocycles. The quantitative estimate of drug-likeness (QED) is 0.335. The zero-order valence-electron chi connectivity index (χ0n) is 25.9. The molecule has 5 aliphatic rings. The molecule has 0 saturated heterocycles. The van der Waals surface area contributed by atoms with Gasteiger partial charge in [-0.1, -0.05) is 69.9 Å². The van der Waals surface area contributed by atoms with E-state index in [4.69, 9.17) is 0 Å². The predicted molar refractivity (Wildman–Crippen MR) is 165 cm³/mol. The summed E-state index contributed by atoms with van der Waals surface area (Å²) >= 11 is 0. The molecule has 0 aromatic heterocycles. The van der Waals surface area contributed by atoms with E-state index in [0.717, 1.165) is 70.6 Å². The maximum Gasteiger partial charge on any atom is 0.181 e. The van der Waals surface area contributed by atoms with Crippen LogP contribution >= 0.6 is 0 Å². The summed E-state index contributed by atoms with van der Waals surface area (Å²) in [6.45, 7) is 9.20. The van der Waals surface area contributed by atoms with Gasteiger partial charge in [-0.15, -0.1) is 0 Å². The van der Waals surface area contributed by atoms with Crippen LogP contribution in [-0.2, 0) is 9.84 Å². The Morgan fingerprint density at radius 2 is 1.59 bits per heavy atom. The summed E-state index contributed by atoms with van der Waals surface area (Å²) in [6.07, 6.45) is 15.9. The van der Waals surface area contributed by atoms with Crippen molar-refractivity contribution < 1.29 is 18.6 Å². The van der Waals surface area contributed by atoms with E-state index in [-0.39, 0.29) is 16.7 Å². The molecule has 0 amide bonds. The standard InChI is InChI=1S/C36H54O4S/c1-25(32(24-36(38)18-9-6-10-19-36)41(39,40)27-11-7-5-8-12-27)29-15-16-30-28-14-13-26-23-33(2,37)21-22-34(26,3)31(28)17-20-35(29,30)4/h5,7-8,11-13,25,28-32,37-38H,6,9-10,14-24H2,1-4H3/t25-,28-,29+,30-,31-,32?,33-,34-,35+/m0/s1. The SMILES string of the molecule is C[C@H](C(CC1(O)CCCCC1)S(=O)(=O)c1ccccc1)[C@H]1CC[C@H]2[C@@H]3CC=C4C[C@@](C)(O)CC[C@]4(C)[C@H]3CC[C@]12C. The van der Waals surface area contributed by atoms with Crippen LogP contribution < -0.4 is 0 Å². The van der Waals surface area contributed by atoms with E-state index in [1.165, 1.54) is 18.4 Å². The molecule has 1 aromatic carbocycles. The number of fused-ring (bicyclic) bond motifs is 5. The first kappa shape index (κ1) is 29.9. The molecule has 6 rings (SSSR count). The smallest absolute Gasteiger partial charge is 0.181 e. The Kier molecular flexibility index (Phi) is 7.64. The Balaban J connectivity index is 1.30. The third-order valence-electron chi connectivity index (χ3n) is 13.5. The molecule has 1 aromatic rings. The highest BCUT2D eigenvalue weighted by Crippen LogP contribution is 2.68. The number of allylic oxidation sites excluding steroid dienone is 1. The normalized spacial score (nSPS) is 41.9. The lowest BCUT2D eigenvalue weighted by Crippen LogP contribution is -2.53. The summed E-state index contributed by atoms with van der Waals surface area (Å²) in [5, 5.41) is 22.0. The van der Waals surface area contributed by atoms with Crippen LogP contribution in [0.5, 0.6) is 0 Å². The fourth-order valence-electron chi connectivity index (χ4n) is 11.1. The minimum absolute atomic E-state index is 0.00670. The van der Waals surface area contributed by atoms with Crippen molar-refractivity contribution in [3.63, 3.8) is 0 Å². The van der Waals surface area contributed by atoms with Crippen molar-refractivity contribution >= 4 is 9.84 Å². The van der Waals surface area contributed by atoms with Crippen molar-refractivity contribution in [2.75, 3.05) is 0 Å². The number of hydrogen-bond acceptors (Lipinski definition) is 4. The number of hydrogen-bond donors (Lipinski definition) is 2. The molecule has 1 unspecified atom stereocenters. The first-order valence-electron chi connectivity index (χ1n) is 16.7. The van der Waals surface area contributed by atoms with Crippen LogP contribution in [0.4, 0.5) is 0 Å². The fourth-order valence-corrected chi connectivity index (χ4v) is 13.3. The lowest BCUT2D eigenvalue weighted by Gasteiger charge is -2.59. The molecule has 2 N–H and O–H groups in total. The number of benzene rings is 1. The second kappa shape index (κ2) is 10.5. The fraction of sp³-hybridized carbons (Fsp3) is 0.778. The van der Waals surface area contributed by atoms with Crippen LogP contribution in [-0.4, -0.2) is 35.1 Å². The van der Waals surface area contributed by atoms with Crippen molar-refractivity contribution in [2.24, 2.45) is 40.4 Å². The number of rotatable bonds is 6. The van der Waals surface area contributed by atoms with Gasteiger partial charge in [0.25, 0.3) is 0 Å². The maximum absolute atomic E-state index is 14.4. The van der Waals surface area contributed by atoms with Gasteiger partial charge in [0, 0.05) is 0 Å². The van der Waals surface area contributed by atoms with Crippen molar-refractivity contribution in [1.29, 1.82) is 0 Å². The second-order valence-corrected chi connectivity index (χ2v) is 18.1. The van der Waals surface area contributed by atoms with Gasteiger partial charge in [-0.2, -0.15) is 0 Å². The van der Waals surface area contributed by atoms with Crippen LogP contribution in [0.2, 0.25) is 0 Å². The van der Waals surface area contributed by atoms with E-state index < -0.39 is 26.3 Å².